The van der Waals surface area contributed by atoms with Crippen molar-refractivity contribution < 1.29 is 23.8 Å². The second-order valence-electron chi connectivity index (χ2n) is 6.49. The summed E-state index contributed by atoms with van der Waals surface area (Å²) in [6.45, 7) is 2.31. The number of carbonyl (C=O) groups is 1. The third kappa shape index (κ3) is 5.58. The highest BCUT2D eigenvalue weighted by molar-refractivity contribution is 5.67. The zero-order valence-electron chi connectivity index (χ0n) is 15.5. The van der Waals surface area contributed by atoms with Gasteiger partial charge in [-0.05, 0) is 72.5 Å². The van der Waals surface area contributed by atoms with Crippen LogP contribution < -0.4 is 9.47 Å². The molecule has 0 aliphatic rings. The van der Waals surface area contributed by atoms with Crippen LogP contribution >= 0.6 is 0 Å². The van der Waals surface area contributed by atoms with E-state index in [4.69, 9.17) is 14.6 Å². The van der Waals surface area contributed by atoms with E-state index in [1.807, 2.05) is 49.4 Å². The minimum atomic E-state index is -0.805. The molecular weight excluding hydrogens is 359 g/mol. The summed E-state index contributed by atoms with van der Waals surface area (Å²) in [5.41, 5.74) is 2.87. The van der Waals surface area contributed by atoms with Gasteiger partial charge in [-0.25, -0.2) is 4.39 Å². The number of carboxylic acids is 1. The fraction of sp³-hybridized carbons (Fsp3) is 0.174. The molecule has 0 aliphatic carbocycles. The van der Waals surface area contributed by atoms with E-state index in [0.717, 1.165) is 22.4 Å². The molecule has 4 nitrogen and oxygen atoms in total. The monoisotopic (exact) mass is 380 g/mol. The van der Waals surface area contributed by atoms with Crippen molar-refractivity contribution in [2.24, 2.45) is 0 Å². The van der Waals surface area contributed by atoms with E-state index in [9.17, 15) is 9.18 Å². The van der Waals surface area contributed by atoms with E-state index in [2.05, 4.69) is 0 Å². The van der Waals surface area contributed by atoms with Gasteiger partial charge in [-0.3, -0.25) is 4.79 Å². The van der Waals surface area contributed by atoms with Crippen LogP contribution in [0.4, 0.5) is 4.39 Å². The van der Waals surface area contributed by atoms with Crippen molar-refractivity contribution in [3.63, 3.8) is 0 Å². The van der Waals surface area contributed by atoms with Crippen LogP contribution in [0.3, 0.4) is 0 Å². The molecule has 0 aromatic heterocycles. The Kier molecular flexibility index (Phi) is 6.27. The molecule has 3 aromatic carbocycles. The van der Waals surface area contributed by atoms with Crippen LogP contribution in [0.1, 0.15) is 23.1 Å². The van der Waals surface area contributed by atoms with Crippen LogP contribution in [0.25, 0.3) is 0 Å². The van der Waals surface area contributed by atoms with Gasteiger partial charge in [0.1, 0.15) is 29.7 Å². The normalized spacial score (nSPS) is 10.5. The van der Waals surface area contributed by atoms with Crippen molar-refractivity contribution in [1.82, 2.24) is 0 Å². The van der Waals surface area contributed by atoms with Crippen LogP contribution in [0.15, 0.2) is 66.7 Å². The molecule has 0 fully saturated rings. The Labute approximate surface area is 163 Å². The molecule has 1 N–H and O–H groups in total. The Morgan fingerprint density at radius 1 is 0.964 bits per heavy atom. The highest BCUT2D eigenvalue weighted by Gasteiger charge is 2.05. The second kappa shape index (κ2) is 9.04. The zero-order chi connectivity index (χ0) is 19.9. The number of aliphatic carboxylic acids is 1. The average molecular weight is 380 g/mol. The van der Waals surface area contributed by atoms with E-state index in [-0.39, 0.29) is 12.2 Å². The van der Waals surface area contributed by atoms with Crippen LogP contribution in [0.5, 0.6) is 17.2 Å². The maximum Gasteiger partial charge on any atom is 0.303 e. The number of hydrogen-bond donors (Lipinski definition) is 1. The molecule has 0 saturated heterocycles. The summed E-state index contributed by atoms with van der Waals surface area (Å²) in [5, 5.41) is 8.79. The molecule has 28 heavy (non-hydrogen) atoms. The SMILES string of the molecule is Cc1cc(CCC(=O)O)ccc1OCc1cccc(Oc2ccc(F)cc2)c1. The van der Waals surface area contributed by atoms with Crippen LogP contribution in [-0.2, 0) is 17.8 Å². The first-order valence-corrected chi connectivity index (χ1v) is 8.96. The van der Waals surface area contributed by atoms with Crippen molar-refractivity contribution >= 4 is 5.97 Å². The quantitative estimate of drug-likeness (QED) is 0.559. The molecule has 0 amide bonds. The third-order valence-corrected chi connectivity index (χ3v) is 4.21. The molecule has 5 heteroatoms. The Hall–Kier alpha value is -3.34. The van der Waals surface area contributed by atoms with E-state index in [0.29, 0.717) is 24.5 Å². The highest BCUT2D eigenvalue weighted by atomic mass is 19.1. The highest BCUT2D eigenvalue weighted by Crippen LogP contribution is 2.24. The minimum Gasteiger partial charge on any atom is -0.489 e. The topological polar surface area (TPSA) is 55.8 Å². The van der Waals surface area contributed by atoms with Crippen molar-refractivity contribution in [3.8, 4) is 17.2 Å². The summed E-state index contributed by atoms with van der Waals surface area (Å²) in [6.07, 6.45) is 0.611. The lowest BCUT2D eigenvalue weighted by molar-refractivity contribution is -0.136. The second-order valence-corrected chi connectivity index (χ2v) is 6.49. The first-order valence-electron chi connectivity index (χ1n) is 8.96. The van der Waals surface area contributed by atoms with Gasteiger partial charge in [-0.2, -0.15) is 0 Å². The number of rotatable bonds is 8. The fourth-order valence-electron chi connectivity index (χ4n) is 2.78. The summed E-state index contributed by atoms with van der Waals surface area (Å²) in [5.74, 6) is 0.851. The maximum absolute atomic E-state index is 13.0. The van der Waals surface area contributed by atoms with E-state index in [1.54, 1.807) is 12.1 Å². The molecule has 0 aliphatic heterocycles. The largest absolute Gasteiger partial charge is 0.489 e. The Morgan fingerprint density at radius 2 is 1.75 bits per heavy atom. The van der Waals surface area contributed by atoms with E-state index < -0.39 is 5.97 Å². The number of carboxylic acid groups (broad SMARTS) is 1. The summed E-state index contributed by atoms with van der Waals surface area (Å²) >= 11 is 0. The van der Waals surface area contributed by atoms with Gasteiger partial charge in [0.15, 0.2) is 0 Å². The van der Waals surface area contributed by atoms with Crippen molar-refractivity contribution in [2.45, 2.75) is 26.4 Å². The molecular formula is C23H21FO4. The number of benzene rings is 3. The number of aryl methyl sites for hydroxylation is 2. The predicted molar refractivity (Wildman–Crippen MR) is 104 cm³/mol. The lowest BCUT2D eigenvalue weighted by Crippen LogP contribution is -2.00. The fourth-order valence-corrected chi connectivity index (χ4v) is 2.78. The molecule has 0 heterocycles. The molecule has 0 spiro atoms. The average Bonchev–Trinajstić information content (AvgIpc) is 2.68. The molecule has 0 bridgehead atoms. The summed E-state index contributed by atoms with van der Waals surface area (Å²) < 4.78 is 24.6. The predicted octanol–water partition coefficient (Wildman–Crippen LogP) is 5.52. The number of ether oxygens (including phenoxy) is 2. The van der Waals surface area contributed by atoms with Gasteiger partial charge in [0.25, 0.3) is 0 Å². The molecule has 0 saturated carbocycles. The van der Waals surface area contributed by atoms with Crippen LogP contribution in [0.2, 0.25) is 0 Å². The lowest BCUT2D eigenvalue weighted by Gasteiger charge is -2.12. The van der Waals surface area contributed by atoms with Gasteiger partial charge in [0.05, 0.1) is 0 Å². The first-order chi connectivity index (χ1) is 13.5. The van der Waals surface area contributed by atoms with Crippen molar-refractivity contribution in [2.75, 3.05) is 0 Å². The Bertz CT molecular complexity index is 951. The van der Waals surface area contributed by atoms with Crippen molar-refractivity contribution in [1.29, 1.82) is 0 Å². The van der Waals surface area contributed by atoms with Crippen LogP contribution in [-0.4, -0.2) is 11.1 Å². The summed E-state index contributed by atoms with van der Waals surface area (Å²) in [7, 11) is 0. The molecule has 3 rings (SSSR count). The standard InChI is InChI=1S/C23H21FO4/c1-16-13-17(6-12-23(25)26)5-11-22(16)27-15-18-3-2-4-21(14-18)28-20-9-7-19(24)8-10-20/h2-5,7-11,13-14H,6,12,15H2,1H3,(H,25,26). The third-order valence-electron chi connectivity index (χ3n) is 4.21. The van der Waals surface area contributed by atoms with Gasteiger partial charge in [-0.1, -0.05) is 24.3 Å². The van der Waals surface area contributed by atoms with E-state index in [1.165, 1.54) is 12.1 Å². The first kappa shape index (κ1) is 19.4. The van der Waals surface area contributed by atoms with Crippen molar-refractivity contribution in [3.05, 3.63) is 89.2 Å². The van der Waals surface area contributed by atoms with Gasteiger partial charge < -0.3 is 14.6 Å². The Balaban J connectivity index is 1.61. The molecule has 0 unspecified atom stereocenters. The number of hydrogen-bond acceptors (Lipinski definition) is 3. The Morgan fingerprint density at radius 3 is 2.46 bits per heavy atom. The molecule has 0 radical (unpaired) electrons. The van der Waals surface area contributed by atoms with Gasteiger partial charge in [-0.15, -0.1) is 0 Å². The maximum atomic E-state index is 13.0. The number of halogens is 1. The molecule has 3 aromatic rings. The van der Waals surface area contributed by atoms with Crippen LogP contribution in [0, 0.1) is 12.7 Å². The van der Waals surface area contributed by atoms with Gasteiger partial charge in [0, 0.05) is 6.42 Å². The zero-order valence-corrected chi connectivity index (χ0v) is 15.5. The molecule has 0 atom stereocenters. The van der Waals surface area contributed by atoms with Gasteiger partial charge in [0.2, 0.25) is 0 Å². The summed E-state index contributed by atoms with van der Waals surface area (Å²) in [4.78, 5) is 10.7. The summed E-state index contributed by atoms with van der Waals surface area (Å²) in [6, 6.07) is 19.1. The lowest BCUT2D eigenvalue weighted by atomic mass is 10.1. The minimum absolute atomic E-state index is 0.112. The molecule has 144 valence electrons. The van der Waals surface area contributed by atoms with E-state index >= 15 is 0 Å². The smallest absolute Gasteiger partial charge is 0.303 e. The van der Waals surface area contributed by atoms with Gasteiger partial charge >= 0.3 is 5.97 Å².